The van der Waals surface area contributed by atoms with Crippen LogP contribution in [0.4, 0.5) is 13.2 Å². The molecule has 1 aliphatic rings. The van der Waals surface area contributed by atoms with Crippen molar-refractivity contribution in [3.63, 3.8) is 0 Å². The molecule has 0 aliphatic carbocycles. The van der Waals surface area contributed by atoms with E-state index in [4.69, 9.17) is 5.73 Å². The minimum absolute atomic E-state index is 0.141. The number of benzene rings is 1. The summed E-state index contributed by atoms with van der Waals surface area (Å²) in [6.45, 7) is 5.14. The van der Waals surface area contributed by atoms with Crippen LogP contribution in [0.2, 0.25) is 0 Å². The van der Waals surface area contributed by atoms with E-state index in [1.807, 2.05) is 6.92 Å². The van der Waals surface area contributed by atoms with E-state index in [9.17, 15) is 13.2 Å². The molecule has 5 heteroatoms. The van der Waals surface area contributed by atoms with Gasteiger partial charge < -0.3 is 5.73 Å². The second kappa shape index (κ2) is 5.51. The van der Waals surface area contributed by atoms with E-state index in [0.717, 1.165) is 19.0 Å². The first-order valence-electron chi connectivity index (χ1n) is 6.54. The Balaban J connectivity index is 2.34. The number of halogens is 3. The summed E-state index contributed by atoms with van der Waals surface area (Å²) in [6.07, 6.45) is 1.00. The zero-order valence-electron chi connectivity index (χ0n) is 11.2. The monoisotopic (exact) mass is 272 g/mol. The number of hydrogen-bond acceptors (Lipinski definition) is 2. The molecule has 2 rings (SSSR count). The van der Waals surface area contributed by atoms with Gasteiger partial charge in [0.15, 0.2) is 11.6 Å². The molecule has 1 saturated heterocycles. The smallest absolute Gasteiger partial charge is 0.161 e. The van der Waals surface area contributed by atoms with Crippen LogP contribution in [0, 0.1) is 23.4 Å². The van der Waals surface area contributed by atoms with Gasteiger partial charge in [-0.25, -0.2) is 13.2 Å². The van der Waals surface area contributed by atoms with Crippen molar-refractivity contribution in [1.82, 2.24) is 4.90 Å². The third kappa shape index (κ3) is 2.77. The van der Waals surface area contributed by atoms with Crippen LogP contribution >= 0.6 is 0 Å². The highest BCUT2D eigenvalue weighted by atomic mass is 19.2. The van der Waals surface area contributed by atoms with E-state index in [0.29, 0.717) is 12.0 Å². The van der Waals surface area contributed by atoms with Crippen molar-refractivity contribution < 1.29 is 13.2 Å². The van der Waals surface area contributed by atoms with E-state index in [-0.39, 0.29) is 18.2 Å². The highest BCUT2D eigenvalue weighted by molar-refractivity contribution is 5.24. The largest absolute Gasteiger partial charge is 0.329 e. The molecule has 3 atom stereocenters. The lowest BCUT2D eigenvalue weighted by atomic mass is 10.0. The highest BCUT2D eigenvalue weighted by Gasteiger charge is 2.33. The third-order valence-electron chi connectivity index (χ3n) is 3.85. The van der Waals surface area contributed by atoms with E-state index < -0.39 is 23.5 Å². The van der Waals surface area contributed by atoms with Gasteiger partial charge >= 0.3 is 0 Å². The number of likely N-dealkylation sites (tertiary alicyclic amines) is 1. The van der Waals surface area contributed by atoms with Crippen molar-refractivity contribution in [2.24, 2.45) is 11.7 Å². The molecule has 0 radical (unpaired) electrons. The standard InChI is InChI=1S/C14H19F3N2/c1-8-3-9(2)19(7-8)14(6-18)10-4-12(16)13(17)5-11(10)15/h4-5,8-9,14H,3,6-7,18H2,1-2H3. The lowest BCUT2D eigenvalue weighted by molar-refractivity contribution is 0.188. The van der Waals surface area contributed by atoms with Crippen molar-refractivity contribution in [2.45, 2.75) is 32.4 Å². The molecule has 2 N–H and O–H groups in total. The highest BCUT2D eigenvalue weighted by Crippen LogP contribution is 2.33. The molecular formula is C14H19F3N2. The van der Waals surface area contributed by atoms with Crippen LogP contribution < -0.4 is 5.73 Å². The fourth-order valence-electron chi connectivity index (χ4n) is 3.00. The molecule has 0 spiro atoms. The number of hydrogen-bond donors (Lipinski definition) is 1. The van der Waals surface area contributed by atoms with Gasteiger partial charge in [0.25, 0.3) is 0 Å². The van der Waals surface area contributed by atoms with Crippen LogP contribution in [0.5, 0.6) is 0 Å². The van der Waals surface area contributed by atoms with Crippen LogP contribution in [-0.4, -0.2) is 24.0 Å². The number of nitrogens with zero attached hydrogens (tertiary/aromatic N) is 1. The van der Waals surface area contributed by atoms with Crippen LogP contribution in [-0.2, 0) is 0 Å². The lowest BCUT2D eigenvalue weighted by Crippen LogP contribution is -2.36. The molecule has 0 saturated carbocycles. The molecule has 0 bridgehead atoms. The first-order chi connectivity index (χ1) is 8.93. The molecule has 2 nitrogen and oxygen atoms in total. The summed E-state index contributed by atoms with van der Waals surface area (Å²) in [4.78, 5) is 2.07. The summed E-state index contributed by atoms with van der Waals surface area (Å²) < 4.78 is 40.2. The van der Waals surface area contributed by atoms with Crippen LogP contribution in [0.1, 0.15) is 31.9 Å². The molecule has 1 aromatic rings. The summed E-state index contributed by atoms with van der Waals surface area (Å²) >= 11 is 0. The van der Waals surface area contributed by atoms with Crippen molar-refractivity contribution in [3.05, 3.63) is 35.1 Å². The first kappa shape index (κ1) is 14.3. The fourth-order valence-corrected chi connectivity index (χ4v) is 3.00. The Bertz CT molecular complexity index is 464. The van der Waals surface area contributed by atoms with Crippen molar-refractivity contribution in [3.8, 4) is 0 Å². The number of rotatable bonds is 3. The summed E-state index contributed by atoms with van der Waals surface area (Å²) in [6, 6.07) is 1.38. The maximum atomic E-state index is 13.9. The van der Waals surface area contributed by atoms with Crippen molar-refractivity contribution in [1.29, 1.82) is 0 Å². The normalized spacial score (nSPS) is 25.8. The minimum atomic E-state index is -1.17. The van der Waals surface area contributed by atoms with Gasteiger partial charge in [-0.05, 0) is 25.3 Å². The van der Waals surface area contributed by atoms with Crippen LogP contribution in [0.25, 0.3) is 0 Å². The Morgan fingerprint density at radius 2 is 1.84 bits per heavy atom. The second-order valence-electron chi connectivity index (χ2n) is 5.43. The average molecular weight is 272 g/mol. The van der Waals surface area contributed by atoms with E-state index in [1.54, 1.807) is 0 Å². The third-order valence-corrected chi connectivity index (χ3v) is 3.85. The zero-order chi connectivity index (χ0) is 14.2. The lowest BCUT2D eigenvalue weighted by Gasteiger charge is -2.31. The Morgan fingerprint density at radius 3 is 2.37 bits per heavy atom. The topological polar surface area (TPSA) is 29.3 Å². The molecule has 1 heterocycles. The van der Waals surface area contributed by atoms with E-state index in [2.05, 4.69) is 11.8 Å². The molecule has 19 heavy (non-hydrogen) atoms. The number of nitrogens with two attached hydrogens (primary N) is 1. The molecular weight excluding hydrogens is 253 g/mol. The predicted molar refractivity (Wildman–Crippen MR) is 68.1 cm³/mol. The molecule has 1 aromatic carbocycles. The van der Waals surface area contributed by atoms with Gasteiger partial charge in [-0.1, -0.05) is 6.92 Å². The SMILES string of the molecule is CC1CC(C)N(C(CN)c2cc(F)c(F)cc2F)C1. The van der Waals surface area contributed by atoms with Crippen LogP contribution in [0.15, 0.2) is 12.1 Å². The average Bonchev–Trinajstić information content (AvgIpc) is 2.66. The van der Waals surface area contributed by atoms with Crippen molar-refractivity contribution >= 4 is 0 Å². The molecule has 0 amide bonds. The van der Waals surface area contributed by atoms with Gasteiger partial charge in [0.2, 0.25) is 0 Å². The Labute approximate surface area is 111 Å². The zero-order valence-corrected chi connectivity index (χ0v) is 11.2. The van der Waals surface area contributed by atoms with E-state index in [1.165, 1.54) is 0 Å². The summed E-state index contributed by atoms with van der Waals surface area (Å²) in [5, 5.41) is 0. The first-order valence-corrected chi connectivity index (χ1v) is 6.54. The molecule has 1 fully saturated rings. The van der Waals surface area contributed by atoms with E-state index >= 15 is 0 Å². The minimum Gasteiger partial charge on any atom is -0.329 e. The van der Waals surface area contributed by atoms with Gasteiger partial charge in [-0.2, -0.15) is 0 Å². The molecule has 1 aliphatic heterocycles. The van der Waals surface area contributed by atoms with Gasteiger partial charge in [0, 0.05) is 30.8 Å². The van der Waals surface area contributed by atoms with Crippen LogP contribution in [0.3, 0.4) is 0 Å². The Hall–Kier alpha value is -1.07. The summed E-state index contributed by atoms with van der Waals surface area (Å²) in [7, 11) is 0. The molecule has 106 valence electrons. The van der Waals surface area contributed by atoms with Gasteiger partial charge in [0.05, 0.1) is 6.04 Å². The summed E-state index contributed by atoms with van der Waals surface area (Å²) in [5.74, 6) is -2.44. The maximum absolute atomic E-state index is 13.9. The second-order valence-corrected chi connectivity index (χ2v) is 5.43. The quantitative estimate of drug-likeness (QED) is 0.857. The molecule has 3 unspecified atom stereocenters. The molecule has 0 aromatic heterocycles. The van der Waals surface area contributed by atoms with Gasteiger partial charge in [0.1, 0.15) is 5.82 Å². The maximum Gasteiger partial charge on any atom is 0.161 e. The fraction of sp³-hybridized carbons (Fsp3) is 0.571. The van der Waals surface area contributed by atoms with Gasteiger partial charge in [-0.3, -0.25) is 4.90 Å². The predicted octanol–water partition coefficient (Wildman–Crippen LogP) is 2.83. The van der Waals surface area contributed by atoms with Gasteiger partial charge in [-0.15, -0.1) is 0 Å². The Kier molecular flexibility index (Phi) is 4.16. The Morgan fingerprint density at radius 1 is 1.21 bits per heavy atom. The van der Waals surface area contributed by atoms with Crippen molar-refractivity contribution in [2.75, 3.05) is 13.1 Å². The summed E-state index contributed by atoms with van der Waals surface area (Å²) in [5.41, 5.74) is 5.87.